The second-order valence-electron chi connectivity index (χ2n) is 12.7. The van der Waals surface area contributed by atoms with Gasteiger partial charge in [-0.25, -0.2) is 14.7 Å². The molecule has 0 spiro atoms. The van der Waals surface area contributed by atoms with E-state index in [0.29, 0.717) is 16.0 Å². The molecule has 2 unspecified atom stereocenters. The molecular weight excluding hydrogens is 710 g/mol. The van der Waals surface area contributed by atoms with E-state index in [1.54, 1.807) is 30.3 Å². The molecule has 0 bridgehead atoms. The average Bonchev–Trinajstić information content (AvgIpc) is 3.11. The number of hydrogen-bond acceptors (Lipinski definition) is 13. The number of hydrogen-bond donors (Lipinski definition) is 4. The topological polar surface area (TPSA) is 256 Å². The van der Waals surface area contributed by atoms with E-state index >= 15 is 0 Å². The first-order valence-corrected chi connectivity index (χ1v) is 17.0. The van der Waals surface area contributed by atoms with E-state index in [9.17, 15) is 43.5 Å². The van der Waals surface area contributed by atoms with Gasteiger partial charge in [-0.15, -0.1) is 11.8 Å². The van der Waals surface area contributed by atoms with Crippen LogP contribution >= 0.6 is 11.8 Å². The van der Waals surface area contributed by atoms with Crippen LogP contribution in [0.5, 0.6) is 0 Å². The first kappa shape index (κ1) is 38.3. The van der Waals surface area contributed by atoms with Crippen molar-refractivity contribution in [1.82, 2.24) is 19.8 Å². The van der Waals surface area contributed by atoms with Crippen LogP contribution < -0.4 is 21.9 Å². The number of H-pyrrole nitrogens is 1. The van der Waals surface area contributed by atoms with Crippen LogP contribution in [0.25, 0.3) is 11.4 Å². The summed E-state index contributed by atoms with van der Waals surface area (Å²) in [4.78, 5) is 113. The minimum Gasteiger partial charge on any atom is -0.477 e. The number of aromatic nitrogens is 2. The molecule has 3 heterocycles. The van der Waals surface area contributed by atoms with Gasteiger partial charge in [0.05, 0.1) is 11.2 Å². The molecule has 0 aliphatic carbocycles. The lowest BCUT2D eigenvalue weighted by Gasteiger charge is -2.52. The Kier molecular flexibility index (Phi) is 10.8. The number of anilines is 1. The summed E-state index contributed by atoms with van der Waals surface area (Å²) in [6, 6.07) is 10.8. The van der Waals surface area contributed by atoms with Crippen LogP contribution in [-0.2, 0) is 33.5 Å². The number of benzene rings is 2. The fourth-order valence-corrected chi connectivity index (χ4v) is 7.08. The van der Waals surface area contributed by atoms with E-state index < -0.39 is 81.3 Å². The number of amides is 5. The summed E-state index contributed by atoms with van der Waals surface area (Å²) >= 11 is 1.03. The molecule has 1 saturated heterocycles. The number of nitrogens with two attached hydrogens (primary N) is 2. The number of carboxylic acids is 1. The molecule has 5 amide bonds. The first-order chi connectivity index (χ1) is 24.9. The van der Waals surface area contributed by atoms with Crippen LogP contribution in [0.2, 0.25) is 0 Å². The molecule has 276 valence electrons. The number of ether oxygens (including phenoxy) is 1. The number of β-lactam (4-membered cyclic amide) rings is 1. The third kappa shape index (κ3) is 7.50. The molecule has 3 aromatic rings. The highest BCUT2D eigenvalue weighted by atomic mass is 32.2. The highest BCUT2D eigenvalue weighted by molar-refractivity contribution is 8.00. The van der Waals surface area contributed by atoms with Crippen LogP contribution in [0, 0.1) is 0 Å². The Morgan fingerprint density at radius 1 is 1.06 bits per heavy atom. The molecule has 0 saturated carbocycles. The van der Waals surface area contributed by atoms with Gasteiger partial charge < -0.3 is 26.3 Å². The number of aliphatic carboxylic acids is 1. The predicted molar refractivity (Wildman–Crippen MR) is 189 cm³/mol. The van der Waals surface area contributed by atoms with Crippen molar-refractivity contribution in [2.75, 3.05) is 17.3 Å². The van der Waals surface area contributed by atoms with E-state index in [1.807, 2.05) is 0 Å². The average molecular weight is 746 g/mol. The Balaban J connectivity index is 1.49. The third-order valence-electron chi connectivity index (χ3n) is 8.33. The van der Waals surface area contributed by atoms with E-state index in [2.05, 4.69) is 9.97 Å². The molecule has 1 fully saturated rings. The Bertz CT molecular complexity index is 2110. The summed E-state index contributed by atoms with van der Waals surface area (Å²) in [5.41, 5.74) is 9.81. The number of carbonyl (C=O) groups is 7. The second kappa shape index (κ2) is 14.9. The molecule has 2 aliphatic heterocycles. The predicted octanol–water partition coefficient (Wildman–Crippen LogP) is 0.908. The van der Waals surface area contributed by atoms with Crippen LogP contribution in [0.4, 0.5) is 5.69 Å². The maximum Gasteiger partial charge on any atom is 0.352 e. The maximum absolute atomic E-state index is 14.2. The van der Waals surface area contributed by atoms with Gasteiger partial charge in [-0.3, -0.25) is 43.4 Å². The van der Waals surface area contributed by atoms with Crippen molar-refractivity contribution in [3.63, 3.8) is 0 Å². The van der Waals surface area contributed by atoms with Crippen molar-refractivity contribution < 1.29 is 43.4 Å². The lowest BCUT2D eigenvalue weighted by Crippen LogP contribution is -2.73. The zero-order chi connectivity index (χ0) is 38.9. The fourth-order valence-electron chi connectivity index (χ4n) is 5.71. The Morgan fingerprint density at radius 2 is 1.70 bits per heavy atom. The van der Waals surface area contributed by atoms with Gasteiger partial charge in [0, 0.05) is 36.9 Å². The van der Waals surface area contributed by atoms with Crippen LogP contribution in [0.15, 0.2) is 76.9 Å². The molecular formula is C35H35N7O10S. The molecule has 17 nitrogen and oxygen atoms in total. The molecule has 0 radical (unpaired) electrons. The minimum absolute atomic E-state index is 0.0119. The van der Waals surface area contributed by atoms with Crippen LogP contribution in [-0.4, -0.2) is 95.7 Å². The number of carboxylic acid groups (broad SMARTS) is 1. The number of fused-ring (bicyclic) bond motifs is 1. The number of carbonyl (C=O) groups excluding carboxylic acids is 6. The van der Waals surface area contributed by atoms with Crippen molar-refractivity contribution in [3.8, 4) is 11.4 Å². The van der Waals surface area contributed by atoms with Crippen molar-refractivity contribution in [2.24, 2.45) is 11.5 Å². The molecule has 53 heavy (non-hydrogen) atoms. The normalized spacial score (nSPS) is 17.2. The van der Waals surface area contributed by atoms with Gasteiger partial charge in [0.1, 0.15) is 41.1 Å². The Labute approximate surface area is 305 Å². The number of rotatable bonds is 10. The molecule has 18 heteroatoms. The molecule has 6 N–H and O–H groups in total. The van der Waals surface area contributed by atoms with E-state index in [-0.39, 0.29) is 29.4 Å². The monoisotopic (exact) mass is 745 g/mol. The van der Waals surface area contributed by atoms with Crippen molar-refractivity contribution in [1.29, 1.82) is 0 Å². The van der Waals surface area contributed by atoms with E-state index in [1.165, 1.54) is 45.0 Å². The first-order valence-electron chi connectivity index (χ1n) is 16.0. The molecule has 2 aliphatic rings. The molecule has 1 aromatic heterocycles. The van der Waals surface area contributed by atoms with Crippen molar-refractivity contribution in [2.45, 2.75) is 50.7 Å². The zero-order valence-corrected chi connectivity index (χ0v) is 29.7. The molecule has 5 rings (SSSR count). The van der Waals surface area contributed by atoms with Crippen LogP contribution in [0.1, 0.15) is 49.7 Å². The minimum atomic E-state index is -1.56. The number of nitrogens with one attached hydrogen (secondary N) is 1. The molecule has 3 atom stereocenters. The number of aromatic amines is 1. The lowest BCUT2D eigenvalue weighted by molar-refractivity contribution is -0.157. The van der Waals surface area contributed by atoms with Gasteiger partial charge in [0.15, 0.2) is 0 Å². The van der Waals surface area contributed by atoms with E-state index in [0.717, 1.165) is 34.7 Å². The van der Waals surface area contributed by atoms with Crippen molar-refractivity contribution in [3.05, 3.63) is 93.5 Å². The smallest absolute Gasteiger partial charge is 0.352 e. The number of esters is 1. The van der Waals surface area contributed by atoms with Gasteiger partial charge in [0.25, 0.3) is 29.2 Å². The number of thioether (sulfide) groups is 1. The highest BCUT2D eigenvalue weighted by Crippen LogP contribution is 2.43. The quantitative estimate of drug-likeness (QED) is 0.166. The maximum atomic E-state index is 14.2. The van der Waals surface area contributed by atoms with Gasteiger partial charge in [-0.2, -0.15) is 0 Å². The van der Waals surface area contributed by atoms with E-state index in [4.69, 9.17) is 16.2 Å². The number of nitrogens with zero attached hydrogens (tertiary/aromatic N) is 4. The number of imide groups is 2. The summed E-state index contributed by atoms with van der Waals surface area (Å²) in [6.07, 6.45) is 0.926. The fraction of sp³-hybridized carbons (Fsp3) is 0.286. The van der Waals surface area contributed by atoms with Gasteiger partial charge in [-0.05, 0) is 43.7 Å². The lowest BCUT2D eigenvalue weighted by atomic mass is 9.98. The van der Waals surface area contributed by atoms with Gasteiger partial charge in [0.2, 0.25) is 5.91 Å². The second-order valence-corrected chi connectivity index (χ2v) is 13.8. The summed E-state index contributed by atoms with van der Waals surface area (Å²) in [7, 11) is 0. The van der Waals surface area contributed by atoms with Crippen molar-refractivity contribution >= 4 is 58.9 Å². The summed E-state index contributed by atoms with van der Waals surface area (Å²) in [5, 5.41) is 8.92. The Morgan fingerprint density at radius 3 is 2.25 bits per heavy atom. The summed E-state index contributed by atoms with van der Waals surface area (Å²) < 4.78 is 4.97. The standard InChI is InChI=1S/C35H35N7O10S/c1-17(43)40(34(51)35(3,4)37)22-12-10-20(11-13-22)27-38-14-23(28(45)39-27)29(46)41(30(47)24(36)19-8-6-5-7-9-19)26-31(48)42-25(33(49)50)21(15-52-18(2)44)16-53-32(26)42/h5-14,24,26,32H,15-16,36-37H2,1-4H3,(H,49,50)(H,38,39,45)/t24?,26?,32-/m0/s1. The third-order valence-corrected chi connectivity index (χ3v) is 9.65. The van der Waals surface area contributed by atoms with Gasteiger partial charge >= 0.3 is 11.9 Å². The summed E-state index contributed by atoms with van der Waals surface area (Å²) in [6.45, 7) is 4.88. The Hall–Kier alpha value is -5.98. The largest absolute Gasteiger partial charge is 0.477 e. The molecule has 2 aromatic carbocycles. The SMILES string of the molecule is CC(=O)OCC1=C(C(=O)O)N2C(=O)C(N(C(=O)c3cnc(-c4ccc(N(C(C)=O)C(=O)C(C)(C)N)cc4)[nH]c3=O)C(=O)C(N)c3ccccc3)[C@@H]2SC1. The van der Waals surface area contributed by atoms with Gasteiger partial charge in [-0.1, -0.05) is 30.3 Å². The van der Waals surface area contributed by atoms with Crippen LogP contribution in [0.3, 0.4) is 0 Å². The highest BCUT2D eigenvalue weighted by Gasteiger charge is 2.59. The summed E-state index contributed by atoms with van der Waals surface area (Å²) in [5.74, 6) is -6.56. The zero-order valence-electron chi connectivity index (χ0n) is 28.9.